The summed E-state index contributed by atoms with van der Waals surface area (Å²) in [5, 5.41) is 16.5. The smallest absolute Gasteiger partial charge is 0.407 e. The molecule has 5 heterocycles. The van der Waals surface area contributed by atoms with Gasteiger partial charge in [0.1, 0.15) is 46.7 Å². The van der Waals surface area contributed by atoms with E-state index < -0.39 is 29.7 Å². The Balaban J connectivity index is 0.00000363. The van der Waals surface area contributed by atoms with Gasteiger partial charge < -0.3 is 49.4 Å². The number of rotatable bonds is 11. The molecule has 0 radical (unpaired) electrons. The SMILES string of the molecule is COC(=O)N[C@H](C(=O)N1CCC[C@H]1c1ncc(-c2ccc(-c3coc4cc(-c5cnc([C@@H]6CCCN6C(=O)[C@@H](NC(=O)OC)C(C)C)[nH]5)cc(O)c4c3=O)cc2)[nH]1)C(C)C.Cl.Cl. The molecule has 0 spiro atoms. The van der Waals surface area contributed by atoms with E-state index in [-0.39, 0.29) is 82.8 Å². The first-order valence-electron chi connectivity index (χ1n) is 20.1. The Hall–Kier alpha value is -6.07. The normalized spacial score (nSPS) is 17.0. The quantitative estimate of drug-likeness (QED) is 0.0919. The summed E-state index contributed by atoms with van der Waals surface area (Å²) in [5.41, 5.74) is 3.24. The van der Waals surface area contributed by atoms with Crippen LogP contribution < -0.4 is 16.1 Å². The summed E-state index contributed by atoms with van der Waals surface area (Å²) in [5.74, 6) is 0.192. The van der Waals surface area contributed by atoms with Crippen molar-refractivity contribution in [3.63, 3.8) is 0 Å². The van der Waals surface area contributed by atoms with Crippen molar-refractivity contribution in [3.05, 3.63) is 76.9 Å². The number of H-pyrrole nitrogens is 2. The lowest BCUT2D eigenvalue weighted by Gasteiger charge is -2.30. The average molecular weight is 896 g/mol. The molecule has 2 aliphatic rings. The molecule has 4 atom stereocenters. The molecule has 7 rings (SSSR count). The van der Waals surface area contributed by atoms with Crippen molar-refractivity contribution in [2.24, 2.45) is 11.8 Å². The van der Waals surface area contributed by atoms with Gasteiger partial charge in [0.05, 0.1) is 55.6 Å². The summed E-state index contributed by atoms with van der Waals surface area (Å²) in [6.07, 6.45) is 6.29. The number of carbonyl (C=O) groups excluding carboxylic acids is 4. The number of amides is 4. The van der Waals surface area contributed by atoms with Gasteiger partial charge in [0.2, 0.25) is 17.2 Å². The molecule has 5 aromatic rings. The molecule has 2 fully saturated rings. The molecule has 0 aliphatic carbocycles. The van der Waals surface area contributed by atoms with Crippen LogP contribution in [0.15, 0.2) is 64.3 Å². The number of methoxy groups -OCH3 is 2. The number of aromatic hydroxyl groups is 1. The Bertz CT molecular complexity index is 2470. The molecule has 2 saturated heterocycles. The van der Waals surface area contributed by atoms with Crippen LogP contribution in [0.25, 0.3) is 44.6 Å². The van der Waals surface area contributed by atoms with E-state index in [4.69, 9.17) is 13.9 Å². The maximum absolute atomic E-state index is 13.8. The first-order chi connectivity index (χ1) is 28.8. The lowest BCUT2D eigenvalue weighted by Crippen LogP contribution is -2.51. The van der Waals surface area contributed by atoms with E-state index in [1.54, 1.807) is 40.4 Å². The van der Waals surface area contributed by atoms with E-state index >= 15 is 0 Å². The number of aromatic nitrogens is 4. The van der Waals surface area contributed by atoms with Crippen molar-refractivity contribution in [2.75, 3.05) is 27.3 Å². The number of hydrogen-bond acceptors (Lipinski definition) is 11. The van der Waals surface area contributed by atoms with Crippen LogP contribution in [-0.4, -0.2) is 98.2 Å². The van der Waals surface area contributed by atoms with Gasteiger partial charge in [0, 0.05) is 18.7 Å². The maximum atomic E-state index is 13.8. The van der Waals surface area contributed by atoms with Crippen LogP contribution >= 0.6 is 24.8 Å². The fourth-order valence-electron chi connectivity index (χ4n) is 8.11. The van der Waals surface area contributed by atoms with Gasteiger partial charge in [-0.3, -0.25) is 14.4 Å². The molecule has 62 heavy (non-hydrogen) atoms. The average Bonchev–Trinajstić information content (AvgIpc) is 4.08. The van der Waals surface area contributed by atoms with Crippen molar-refractivity contribution in [1.29, 1.82) is 0 Å². The number of hydrogen-bond donors (Lipinski definition) is 5. The molecule has 3 aromatic heterocycles. The number of likely N-dealkylation sites (tertiary alicyclic amines) is 2. The van der Waals surface area contributed by atoms with Crippen molar-refractivity contribution in [3.8, 4) is 39.4 Å². The Kier molecular flexibility index (Phi) is 15.0. The molecule has 4 amide bonds. The minimum atomic E-state index is -0.767. The van der Waals surface area contributed by atoms with E-state index in [1.165, 1.54) is 26.5 Å². The summed E-state index contributed by atoms with van der Waals surface area (Å²) >= 11 is 0. The standard InChI is InChI=1S/C43H50N8O9.2ClH/c1-22(2)35(48-42(56)58-5)40(54)50-15-7-9-30(50)38-44-19-28(46-38)25-13-11-24(12-14-25)27-21-60-33-18-26(17-32(52)34(33)37(27)53)29-20-45-39(47-29)31-10-8-16-51(31)41(55)36(23(3)4)49-43(57)59-6;;/h11-14,17-23,30-31,35-36,52H,7-10,15-16H2,1-6H3,(H,44,46)(H,45,47)(H,48,56)(H,49,57);2*1H/t30-,31-,35-,36-;;/m0../s1. The second-order valence-electron chi connectivity index (χ2n) is 15.9. The molecular formula is C43H52Cl2N8O9. The van der Waals surface area contributed by atoms with Gasteiger partial charge in [0.25, 0.3) is 0 Å². The zero-order valence-corrected chi connectivity index (χ0v) is 36.9. The van der Waals surface area contributed by atoms with Gasteiger partial charge in [-0.2, -0.15) is 0 Å². The molecule has 17 nitrogen and oxygen atoms in total. The number of aromatic amines is 2. The number of nitrogens with zero attached hydrogens (tertiary/aromatic N) is 4. The van der Waals surface area contributed by atoms with Gasteiger partial charge in [-0.15, -0.1) is 24.8 Å². The monoisotopic (exact) mass is 894 g/mol. The number of alkyl carbamates (subject to hydrolysis) is 2. The molecule has 0 saturated carbocycles. The number of imidazole rings is 2. The fraction of sp³-hybridized carbons (Fsp3) is 0.419. The number of fused-ring (bicyclic) bond motifs is 1. The van der Waals surface area contributed by atoms with Crippen molar-refractivity contribution < 1.29 is 38.2 Å². The van der Waals surface area contributed by atoms with Crippen LogP contribution in [0.5, 0.6) is 5.75 Å². The zero-order chi connectivity index (χ0) is 42.8. The highest BCUT2D eigenvalue weighted by Crippen LogP contribution is 2.36. The highest BCUT2D eigenvalue weighted by molar-refractivity contribution is 5.91. The maximum Gasteiger partial charge on any atom is 0.407 e. The van der Waals surface area contributed by atoms with E-state index in [0.717, 1.165) is 30.5 Å². The Morgan fingerprint density at radius 3 is 1.69 bits per heavy atom. The number of benzene rings is 2. The van der Waals surface area contributed by atoms with E-state index in [2.05, 4.69) is 30.6 Å². The molecule has 0 unspecified atom stereocenters. The topological polar surface area (TPSA) is 225 Å². The van der Waals surface area contributed by atoms with Crippen LogP contribution in [0.2, 0.25) is 0 Å². The second-order valence-corrected chi connectivity index (χ2v) is 15.9. The Labute approximate surface area is 370 Å². The molecule has 2 aliphatic heterocycles. The molecule has 2 aromatic carbocycles. The highest BCUT2D eigenvalue weighted by atomic mass is 35.5. The van der Waals surface area contributed by atoms with E-state index in [1.807, 2.05) is 39.8 Å². The summed E-state index contributed by atoms with van der Waals surface area (Å²) in [6.45, 7) is 8.48. The highest BCUT2D eigenvalue weighted by Gasteiger charge is 2.39. The number of phenolic OH excluding ortho intramolecular Hbond substituents is 1. The van der Waals surface area contributed by atoms with Gasteiger partial charge in [-0.1, -0.05) is 52.0 Å². The number of phenols is 1. The van der Waals surface area contributed by atoms with Crippen LogP contribution in [0.4, 0.5) is 9.59 Å². The number of halogens is 2. The van der Waals surface area contributed by atoms with Gasteiger partial charge >= 0.3 is 12.2 Å². The number of carbonyl (C=O) groups is 4. The van der Waals surface area contributed by atoms with Crippen LogP contribution in [0, 0.1) is 11.8 Å². The van der Waals surface area contributed by atoms with E-state index in [0.29, 0.717) is 48.0 Å². The molecular weight excluding hydrogens is 843 g/mol. The zero-order valence-electron chi connectivity index (χ0n) is 35.2. The van der Waals surface area contributed by atoms with Gasteiger partial charge in [-0.25, -0.2) is 19.6 Å². The lowest BCUT2D eigenvalue weighted by atomic mass is 10.0. The van der Waals surface area contributed by atoms with Crippen molar-refractivity contribution in [2.45, 2.75) is 77.5 Å². The van der Waals surface area contributed by atoms with Crippen molar-refractivity contribution >= 4 is 59.8 Å². The summed E-state index contributed by atoms with van der Waals surface area (Å²) in [6, 6.07) is 8.25. The van der Waals surface area contributed by atoms with E-state index in [9.17, 15) is 29.1 Å². The first kappa shape index (κ1) is 47.0. The van der Waals surface area contributed by atoms with Crippen LogP contribution in [0.3, 0.4) is 0 Å². The van der Waals surface area contributed by atoms with Gasteiger partial charge in [-0.05, 0) is 60.8 Å². The molecule has 19 heteroatoms. The summed E-state index contributed by atoms with van der Waals surface area (Å²) in [4.78, 5) is 84.2. The van der Waals surface area contributed by atoms with Crippen LogP contribution in [-0.2, 0) is 19.1 Å². The minimum absolute atomic E-state index is 0. The second kappa shape index (κ2) is 19.8. The first-order valence-corrected chi connectivity index (χ1v) is 20.1. The third-order valence-electron chi connectivity index (χ3n) is 11.4. The third kappa shape index (κ3) is 9.38. The molecule has 0 bridgehead atoms. The largest absolute Gasteiger partial charge is 0.507 e. The molecule has 332 valence electrons. The van der Waals surface area contributed by atoms with Gasteiger partial charge in [0.15, 0.2) is 0 Å². The van der Waals surface area contributed by atoms with Crippen LogP contribution in [0.1, 0.15) is 77.1 Å². The fourth-order valence-corrected chi connectivity index (χ4v) is 8.11. The molecule has 5 N–H and O–H groups in total. The Morgan fingerprint density at radius 1 is 0.758 bits per heavy atom. The predicted molar refractivity (Wildman–Crippen MR) is 235 cm³/mol. The Morgan fingerprint density at radius 2 is 1.23 bits per heavy atom. The van der Waals surface area contributed by atoms with Crippen molar-refractivity contribution in [1.82, 2.24) is 40.4 Å². The summed E-state index contributed by atoms with van der Waals surface area (Å²) in [7, 11) is 2.52. The number of ether oxygens (including phenoxy) is 2. The predicted octanol–water partition coefficient (Wildman–Crippen LogP) is 6.88. The number of nitrogens with one attached hydrogen (secondary N) is 4. The minimum Gasteiger partial charge on any atom is -0.507 e. The lowest BCUT2D eigenvalue weighted by molar-refractivity contribution is -0.136. The summed E-state index contributed by atoms with van der Waals surface area (Å²) < 4.78 is 15.4. The third-order valence-corrected chi connectivity index (χ3v) is 11.4.